The molecule has 0 aromatic heterocycles. The predicted molar refractivity (Wildman–Crippen MR) is 68.4 cm³/mol. The number of halogens is 1. The maximum atomic E-state index is 13.9. The molecular weight excluding hydrogens is 231 g/mol. The van der Waals surface area contributed by atoms with Crippen molar-refractivity contribution in [3.05, 3.63) is 53.8 Å². The molecule has 0 atom stereocenters. The minimum atomic E-state index is -0.489. The van der Waals surface area contributed by atoms with Crippen molar-refractivity contribution < 1.29 is 13.9 Å². The maximum Gasteiger partial charge on any atom is 0.153 e. The summed E-state index contributed by atoms with van der Waals surface area (Å²) in [6, 6.07) is 11.9. The summed E-state index contributed by atoms with van der Waals surface area (Å²) < 4.78 is 19.3. The van der Waals surface area contributed by atoms with E-state index in [1.807, 2.05) is 6.92 Å². The van der Waals surface area contributed by atoms with Gasteiger partial charge < -0.3 is 4.74 Å². The lowest BCUT2D eigenvalue weighted by molar-refractivity contribution is 0.112. The highest BCUT2D eigenvalue weighted by molar-refractivity contribution is 5.79. The summed E-state index contributed by atoms with van der Waals surface area (Å²) in [5.41, 5.74) is 1.21. The van der Waals surface area contributed by atoms with Gasteiger partial charge >= 0.3 is 0 Å². The molecule has 0 aliphatic carbocycles. The van der Waals surface area contributed by atoms with Crippen LogP contribution < -0.4 is 4.74 Å². The second kappa shape index (κ2) is 5.45. The van der Waals surface area contributed by atoms with Crippen LogP contribution in [0.3, 0.4) is 0 Å². The van der Waals surface area contributed by atoms with Crippen LogP contribution >= 0.6 is 0 Å². The zero-order valence-corrected chi connectivity index (χ0v) is 10.0. The van der Waals surface area contributed by atoms with Crippen LogP contribution in [0.5, 0.6) is 5.75 Å². The lowest BCUT2D eigenvalue weighted by atomic mass is 10.0. The first-order chi connectivity index (χ1) is 8.76. The monoisotopic (exact) mass is 244 g/mol. The van der Waals surface area contributed by atoms with Gasteiger partial charge in [-0.1, -0.05) is 24.3 Å². The summed E-state index contributed by atoms with van der Waals surface area (Å²) in [6.07, 6.45) is 0.521. The summed E-state index contributed by atoms with van der Waals surface area (Å²) in [4.78, 5) is 10.7. The van der Waals surface area contributed by atoms with Crippen molar-refractivity contribution in [1.29, 1.82) is 0 Å². The van der Waals surface area contributed by atoms with Crippen molar-refractivity contribution in [2.45, 2.75) is 6.92 Å². The Morgan fingerprint density at radius 1 is 1.17 bits per heavy atom. The van der Waals surface area contributed by atoms with Crippen molar-refractivity contribution in [2.75, 3.05) is 6.61 Å². The van der Waals surface area contributed by atoms with Gasteiger partial charge in [-0.15, -0.1) is 0 Å². The Morgan fingerprint density at radius 2 is 1.89 bits per heavy atom. The molecule has 0 aliphatic rings. The fourth-order valence-electron chi connectivity index (χ4n) is 1.76. The lowest BCUT2D eigenvalue weighted by Crippen LogP contribution is -1.93. The highest BCUT2D eigenvalue weighted by Crippen LogP contribution is 2.26. The number of aldehydes is 1. The van der Waals surface area contributed by atoms with Gasteiger partial charge in [-0.25, -0.2) is 4.39 Å². The fourth-order valence-corrected chi connectivity index (χ4v) is 1.76. The van der Waals surface area contributed by atoms with Gasteiger partial charge in [0.2, 0.25) is 0 Å². The molecule has 2 nitrogen and oxygen atoms in total. The van der Waals surface area contributed by atoms with Crippen LogP contribution in [0.4, 0.5) is 4.39 Å². The Kier molecular flexibility index (Phi) is 3.72. The molecule has 0 unspecified atom stereocenters. The molecule has 0 bridgehead atoms. The zero-order valence-electron chi connectivity index (χ0n) is 10.0. The molecule has 0 radical (unpaired) electrons. The van der Waals surface area contributed by atoms with Crippen molar-refractivity contribution in [2.24, 2.45) is 0 Å². The number of ether oxygens (including phenoxy) is 1. The second-order valence-corrected chi connectivity index (χ2v) is 3.78. The Balaban J connectivity index is 2.39. The largest absolute Gasteiger partial charge is 0.494 e. The van der Waals surface area contributed by atoms with Crippen LogP contribution in [0.1, 0.15) is 17.3 Å². The van der Waals surface area contributed by atoms with Crippen molar-refractivity contribution in [3.63, 3.8) is 0 Å². The van der Waals surface area contributed by atoms with E-state index in [9.17, 15) is 9.18 Å². The minimum Gasteiger partial charge on any atom is -0.494 e. The van der Waals surface area contributed by atoms with Gasteiger partial charge in [0.25, 0.3) is 0 Å². The molecule has 2 rings (SSSR count). The first kappa shape index (κ1) is 12.3. The summed E-state index contributed by atoms with van der Waals surface area (Å²) in [6.45, 7) is 2.50. The van der Waals surface area contributed by atoms with Crippen LogP contribution in [-0.2, 0) is 0 Å². The summed E-state index contributed by atoms with van der Waals surface area (Å²) in [7, 11) is 0. The molecule has 0 aliphatic heterocycles. The molecule has 0 amide bonds. The number of carbonyl (C=O) groups excluding carboxylic acids is 1. The van der Waals surface area contributed by atoms with Crippen LogP contribution in [0.25, 0.3) is 11.1 Å². The molecule has 2 aromatic carbocycles. The number of benzene rings is 2. The van der Waals surface area contributed by atoms with E-state index in [2.05, 4.69) is 0 Å². The average molecular weight is 244 g/mol. The van der Waals surface area contributed by atoms with E-state index in [0.29, 0.717) is 18.5 Å². The number of rotatable bonds is 4. The molecule has 18 heavy (non-hydrogen) atoms. The average Bonchev–Trinajstić information content (AvgIpc) is 2.41. The van der Waals surface area contributed by atoms with Gasteiger partial charge in [0.1, 0.15) is 11.6 Å². The van der Waals surface area contributed by atoms with Crippen molar-refractivity contribution in [3.8, 4) is 16.9 Å². The van der Waals surface area contributed by atoms with Crippen molar-refractivity contribution in [1.82, 2.24) is 0 Å². The van der Waals surface area contributed by atoms with Gasteiger partial charge in [-0.3, -0.25) is 4.79 Å². The van der Waals surface area contributed by atoms with Gasteiger partial charge in [-0.05, 0) is 30.7 Å². The second-order valence-electron chi connectivity index (χ2n) is 3.78. The predicted octanol–water partition coefficient (Wildman–Crippen LogP) is 3.70. The molecule has 0 N–H and O–H groups in total. The third kappa shape index (κ3) is 2.40. The standard InChI is InChI=1S/C15H13FO2/c1-2-18-13-8-6-11(7-9-13)14-5-3-4-12(10-17)15(14)16/h3-10H,2H2,1H3. The Morgan fingerprint density at radius 3 is 2.50 bits per heavy atom. The van der Waals surface area contributed by atoms with E-state index < -0.39 is 5.82 Å². The highest BCUT2D eigenvalue weighted by Gasteiger charge is 2.09. The van der Waals surface area contributed by atoms with Gasteiger partial charge in [0.05, 0.1) is 12.2 Å². The third-order valence-corrected chi connectivity index (χ3v) is 2.63. The molecule has 0 saturated carbocycles. The lowest BCUT2D eigenvalue weighted by Gasteiger charge is -2.07. The van der Waals surface area contributed by atoms with E-state index in [-0.39, 0.29) is 5.56 Å². The van der Waals surface area contributed by atoms with E-state index in [4.69, 9.17) is 4.74 Å². The number of carbonyl (C=O) groups is 1. The topological polar surface area (TPSA) is 26.3 Å². The Hall–Kier alpha value is -2.16. The molecule has 0 fully saturated rings. The maximum absolute atomic E-state index is 13.9. The smallest absolute Gasteiger partial charge is 0.153 e. The molecule has 0 spiro atoms. The van der Waals surface area contributed by atoms with Crippen LogP contribution in [0.2, 0.25) is 0 Å². The molecule has 92 valence electrons. The first-order valence-electron chi connectivity index (χ1n) is 5.73. The van der Waals surface area contributed by atoms with Gasteiger partial charge in [-0.2, -0.15) is 0 Å². The van der Waals surface area contributed by atoms with E-state index in [1.165, 1.54) is 6.07 Å². The molecule has 3 heteroatoms. The van der Waals surface area contributed by atoms with Crippen molar-refractivity contribution >= 4 is 6.29 Å². The Bertz CT molecular complexity index is 547. The number of hydrogen-bond donors (Lipinski definition) is 0. The van der Waals surface area contributed by atoms with Crippen LogP contribution in [0, 0.1) is 5.82 Å². The normalized spacial score (nSPS) is 10.1. The summed E-state index contributed by atoms with van der Waals surface area (Å²) >= 11 is 0. The fraction of sp³-hybridized carbons (Fsp3) is 0.133. The first-order valence-corrected chi connectivity index (χ1v) is 5.73. The van der Waals surface area contributed by atoms with Crippen LogP contribution in [0.15, 0.2) is 42.5 Å². The third-order valence-electron chi connectivity index (χ3n) is 2.63. The van der Waals surface area contributed by atoms with E-state index in [1.54, 1.807) is 36.4 Å². The van der Waals surface area contributed by atoms with E-state index in [0.717, 1.165) is 11.3 Å². The minimum absolute atomic E-state index is 0.0707. The molecule has 0 heterocycles. The molecular formula is C15H13FO2. The summed E-state index contributed by atoms with van der Waals surface area (Å²) in [5, 5.41) is 0. The highest BCUT2D eigenvalue weighted by atomic mass is 19.1. The SMILES string of the molecule is CCOc1ccc(-c2cccc(C=O)c2F)cc1. The summed E-state index contributed by atoms with van der Waals surface area (Å²) in [5.74, 6) is 0.255. The number of hydrogen-bond acceptors (Lipinski definition) is 2. The zero-order chi connectivity index (χ0) is 13.0. The van der Waals surface area contributed by atoms with Gasteiger partial charge in [0, 0.05) is 5.56 Å². The van der Waals surface area contributed by atoms with E-state index >= 15 is 0 Å². The molecule has 2 aromatic rings. The quantitative estimate of drug-likeness (QED) is 0.766. The van der Waals surface area contributed by atoms with Crippen LogP contribution in [-0.4, -0.2) is 12.9 Å². The molecule has 0 saturated heterocycles. The Labute approximate surface area is 105 Å². The van der Waals surface area contributed by atoms with Gasteiger partial charge in [0.15, 0.2) is 6.29 Å².